The van der Waals surface area contributed by atoms with E-state index >= 15 is 0 Å². The Hall–Kier alpha value is -2.67. The standard InChI is InChI=1S/C21H25N5O2/c1-28-10-9-25-20-4-2-3-17(18(20)13-23-25)21(27)26(15-5-6-15)16-7-8-19-14(11-16)12-22-24-19/h2-4,12-13,15-16H,5-11H2,1H3,(H,22,24). The maximum absolute atomic E-state index is 13.7. The highest BCUT2D eigenvalue weighted by atomic mass is 16.5. The summed E-state index contributed by atoms with van der Waals surface area (Å²) in [7, 11) is 1.68. The van der Waals surface area contributed by atoms with Gasteiger partial charge in [-0.25, -0.2) is 0 Å². The lowest BCUT2D eigenvalue weighted by atomic mass is 9.91. The molecule has 2 aliphatic rings. The topological polar surface area (TPSA) is 76.0 Å². The van der Waals surface area contributed by atoms with E-state index in [-0.39, 0.29) is 11.9 Å². The van der Waals surface area contributed by atoms with Crippen molar-refractivity contribution in [1.82, 2.24) is 24.9 Å². The zero-order chi connectivity index (χ0) is 19.1. The molecule has 5 rings (SSSR count). The first-order chi connectivity index (χ1) is 13.8. The molecule has 1 N–H and O–H groups in total. The van der Waals surface area contributed by atoms with Gasteiger partial charge in [0.05, 0.1) is 36.6 Å². The first-order valence-corrected chi connectivity index (χ1v) is 10.0. The zero-order valence-corrected chi connectivity index (χ0v) is 16.1. The molecule has 0 saturated heterocycles. The molecule has 3 aromatic rings. The zero-order valence-electron chi connectivity index (χ0n) is 16.1. The Kier molecular flexibility index (Phi) is 4.39. The Balaban J connectivity index is 1.46. The van der Waals surface area contributed by atoms with E-state index in [0.29, 0.717) is 19.2 Å². The summed E-state index contributed by atoms with van der Waals surface area (Å²) in [5, 5.41) is 12.7. The van der Waals surface area contributed by atoms with Crippen molar-refractivity contribution in [3.05, 3.63) is 47.4 Å². The molecule has 0 bridgehead atoms. The van der Waals surface area contributed by atoms with Crippen LogP contribution in [-0.4, -0.2) is 56.6 Å². The van der Waals surface area contributed by atoms with Gasteiger partial charge in [0.1, 0.15) is 0 Å². The van der Waals surface area contributed by atoms with Crippen LogP contribution in [0.15, 0.2) is 30.6 Å². The van der Waals surface area contributed by atoms with E-state index in [9.17, 15) is 4.79 Å². The minimum atomic E-state index is 0.135. The number of H-pyrrole nitrogens is 1. The number of ether oxygens (including phenoxy) is 1. The minimum absolute atomic E-state index is 0.135. The van der Waals surface area contributed by atoms with Crippen molar-refractivity contribution in [2.24, 2.45) is 0 Å². The molecule has 1 aromatic carbocycles. The number of fused-ring (bicyclic) bond motifs is 2. The number of aryl methyl sites for hydroxylation is 1. The van der Waals surface area contributed by atoms with Gasteiger partial charge in [-0.1, -0.05) is 6.07 Å². The summed E-state index contributed by atoms with van der Waals surface area (Å²) in [6.07, 6.45) is 8.76. The van der Waals surface area contributed by atoms with Crippen molar-refractivity contribution >= 4 is 16.8 Å². The lowest BCUT2D eigenvalue weighted by molar-refractivity contribution is 0.0645. The summed E-state index contributed by atoms with van der Waals surface area (Å²) >= 11 is 0. The van der Waals surface area contributed by atoms with E-state index in [1.165, 1.54) is 11.3 Å². The quantitative estimate of drug-likeness (QED) is 0.714. The van der Waals surface area contributed by atoms with Gasteiger partial charge >= 0.3 is 0 Å². The van der Waals surface area contributed by atoms with E-state index in [1.807, 2.05) is 35.3 Å². The van der Waals surface area contributed by atoms with Gasteiger partial charge < -0.3 is 9.64 Å². The van der Waals surface area contributed by atoms with Gasteiger partial charge in [-0.3, -0.25) is 14.6 Å². The first-order valence-electron chi connectivity index (χ1n) is 10.0. The molecule has 1 saturated carbocycles. The number of nitrogens with one attached hydrogen (secondary N) is 1. The highest BCUT2D eigenvalue weighted by molar-refractivity contribution is 6.06. The third kappa shape index (κ3) is 2.99. The molecule has 7 nitrogen and oxygen atoms in total. The van der Waals surface area contributed by atoms with Crippen molar-refractivity contribution in [2.75, 3.05) is 13.7 Å². The van der Waals surface area contributed by atoms with Gasteiger partial charge in [-0.05, 0) is 49.8 Å². The van der Waals surface area contributed by atoms with Gasteiger partial charge in [0.25, 0.3) is 5.91 Å². The molecular weight excluding hydrogens is 354 g/mol. The molecule has 0 aliphatic heterocycles. The molecule has 1 unspecified atom stereocenters. The number of carbonyl (C=O) groups is 1. The van der Waals surface area contributed by atoms with E-state index in [2.05, 4.69) is 20.2 Å². The predicted molar refractivity (Wildman–Crippen MR) is 105 cm³/mol. The van der Waals surface area contributed by atoms with E-state index in [1.54, 1.807) is 7.11 Å². The number of nitrogens with zero attached hydrogens (tertiary/aromatic N) is 4. The second-order valence-electron chi connectivity index (χ2n) is 7.81. The molecule has 146 valence electrons. The molecule has 2 aromatic heterocycles. The van der Waals surface area contributed by atoms with Crippen LogP contribution in [0.5, 0.6) is 0 Å². The number of aromatic amines is 1. The van der Waals surface area contributed by atoms with Crippen LogP contribution in [0.3, 0.4) is 0 Å². The lowest BCUT2D eigenvalue weighted by Gasteiger charge is -2.34. The molecule has 28 heavy (non-hydrogen) atoms. The summed E-state index contributed by atoms with van der Waals surface area (Å²) < 4.78 is 7.09. The average molecular weight is 379 g/mol. The van der Waals surface area contributed by atoms with Crippen LogP contribution in [0.4, 0.5) is 0 Å². The summed E-state index contributed by atoms with van der Waals surface area (Å²) in [6, 6.07) is 6.53. The van der Waals surface area contributed by atoms with Crippen LogP contribution in [0.2, 0.25) is 0 Å². The Morgan fingerprint density at radius 3 is 3.00 bits per heavy atom. The fourth-order valence-electron chi connectivity index (χ4n) is 4.40. The number of benzene rings is 1. The van der Waals surface area contributed by atoms with Crippen LogP contribution < -0.4 is 0 Å². The lowest BCUT2D eigenvalue weighted by Crippen LogP contribution is -2.44. The van der Waals surface area contributed by atoms with Gasteiger partial charge in [0.15, 0.2) is 0 Å². The number of rotatable bonds is 6. The van der Waals surface area contributed by atoms with E-state index in [0.717, 1.165) is 48.6 Å². The number of carbonyl (C=O) groups excluding carboxylic acids is 1. The molecule has 2 heterocycles. The van der Waals surface area contributed by atoms with Gasteiger partial charge in [-0.2, -0.15) is 10.2 Å². The fraction of sp³-hybridized carbons (Fsp3) is 0.476. The molecule has 7 heteroatoms. The van der Waals surface area contributed by atoms with E-state index < -0.39 is 0 Å². The molecule has 0 spiro atoms. The van der Waals surface area contributed by atoms with Gasteiger partial charge in [0, 0.05) is 30.3 Å². The van der Waals surface area contributed by atoms with Crippen molar-refractivity contribution in [1.29, 1.82) is 0 Å². The summed E-state index contributed by atoms with van der Waals surface area (Å²) in [6.45, 7) is 1.27. The molecule has 0 radical (unpaired) electrons. The van der Waals surface area contributed by atoms with Crippen LogP contribution in [0, 0.1) is 0 Å². The smallest absolute Gasteiger partial charge is 0.255 e. The Labute approximate surface area is 163 Å². The first kappa shape index (κ1) is 17.4. The van der Waals surface area contributed by atoms with Crippen molar-refractivity contribution < 1.29 is 9.53 Å². The number of hydrogen-bond donors (Lipinski definition) is 1. The second-order valence-corrected chi connectivity index (χ2v) is 7.81. The maximum atomic E-state index is 13.7. The van der Waals surface area contributed by atoms with Crippen molar-refractivity contribution in [3.63, 3.8) is 0 Å². The molecular formula is C21H25N5O2. The van der Waals surface area contributed by atoms with Crippen LogP contribution >= 0.6 is 0 Å². The number of methoxy groups -OCH3 is 1. The Bertz CT molecular complexity index is 1000. The predicted octanol–water partition coefficient (Wildman–Crippen LogP) is 2.57. The Morgan fingerprint density at radius 2 is 2.18 bits per heavy atom. The SMILES string of the molecule is COCCn1ncc2c(C(=O)N(C3CC3)C3CCc4[nH]ncc4C3)cccc21. The third-order valence-corrected chi connectivity index (χ3v) is 5.98. The number of aromatic nitrogens is 4. The number of hydrogen-bond acceptors (Lipinski definition) is 4. The minimum Gasteiger partial charge on any atom is -0.383 e. The highest BCUT2D eigenvalue weighted by Gasteiger charge is 2.39. The van der Waals surface area contributed by atoms with Crippen molar-refractivity contribution in [2.45, 2.75) is 50.7 Å². The van der Waals surface area contributed by atoms with Crippen LogP contribution in [-0.2, 0) is 24.1 Å². The average Bonchev–Trinajstić information content (AvgIpc) is 3.28. The molecule has 1 atom stereocenters. The maximum Gasteiger partial charge on any atom is 0.255 e. The fourth-order valence-corrected chi connectivity index (χ4v) is 4.40. The molecule has 1 amide bonds. The van der Waals surface area contributed by atoms with Gasteiger partial charge in [-0.15, -0.1) is 0 Å². The van der Waals surface area contributed by atoms with Crippen LogP contribution in [0.25, 0.3) is 10.9 Å². The van der Waals surface area contributed by atoms with Gasteiger partial charge in [0.2, 0.25) is 0 Å². The highest BCUT2D eigenvalue weighted by Crippen LogP contribution is 2.35. The second kappa shape index (κ2) is 7.05. The van der Waals surface area contributed by atoms with Crippen LogP contribution in [0.1, 0.15) is 40.9 Å². The number of amides is 1. The van der Waals surface area contributed by atoms with E-state index in [4.69, 9.17) is 4.74 Å². The third-order valence-electron chi connectivity index (χ3n) is 5.98. The largest absolute Gasteiger partial charge is 0.383 e. The normalized spacial score (nSPS) is 19.0. The Morgan fingerprint density at radius 1 is 1.29 bits per heavy atom. The summed E-state index contributed by atoms with van der Waals surface area (Å²) in [4.78, 5) is 15.8. The summed E-state index contributed by atoms with van der Waals surface area (Å²) in [5.74, 6) is 0.135. The molecule has 2 aliphatic carbocycles. The van der Waals surface area contributed by atoms with Crippen molar-refractivity contribution in [3.8, 4) is 0 Å². The monoisotopic (exact) mass is 379 g/mol. The molecule has 1 fully saturated rings. The summed E-state index contributed by atoms with van der Waals surface area (Å²) in [5.41, 5.74) is 4.21.